The van der Waals surface area contributed by atoms with Gasteiger partial charge in [0.05, 0.1) is 25.9 Å². The summed E-state index contributed by atoms with van der Waals surface area (Å²) in [6.07, 6.45) is 0.415. The summed E-state index contributed by atoms with van der Waals surface area (Å²) in [5, 5.41) is 9.54. The Bertz CT molecular complexity index is 619. The SMILES string of the molecule is COc1c(CO)cc(Cl)cc1S(=O)(=O)NC1CCOC1C. The van der Waals surface area contributed by atoms with E-state index in [-0.39, 0.29) is 34.4 Å². The van der Waals surface area contributed by atoms with Gasteiger partial charge in [-0.3, -0.25) is 0 Å². The Kier molecular flexibility index (Phi) is 5.11. The lowest BCUT2D eigenvalue weighted by atomic mass is 10.2. The largest absolute Gasteiger partial charge is 0.495 e. The number of rotatable bonds is 5. The van der Waals surface area contributed by atoms with Crippen molar-refractivity contribution in [3.05, 3.63) is 22.7 Å². The predicted octanol–water partition coefficient (Wildman–Crippen LogP) is 1.30. The molecule has 2 N–H and O–H groups in total. The molecular formula is C13H18ClNO5S. The molecule has 0 radical (unpaired) electrons. The van der Waals surface area contributed by atoms with Crippen LogP contribution in [0, 0.1) is 0 Å². The van der Waals surface area contributed by atoms with E-state index in [0.717, 1.165) is 0 Å². The molecule has 1 aliphatic rings. The maximum Gasteiger partial charge on any atom is 0.244 e. The highest BCUT2D eigenvalue weighted by molar-refractivity contribution is 7.89. The van der Waals surface area contributed by atoms with Gasteiger partial charge in [-0.15, -0.1) is 0 Å². The Morgan fingerprint density at radius 2 is 2.24 bits per heavy atom. The van der Waals surface area contributed by atoms with Gasteiger partial charge in [-0.1, -0.05) is 11.6 Å². The van der Waals surface area contributed by atoms with Gasteiger partial charge in [0.1, 0.15) is 10.6 Å². The van der Waals surface area contributed by atoms with Gasteiger partial charge >= 0.3 is 0 Å². The third kappa shape index (κ3) is 3.49. The second-order valence-corrected chi connectivity index (χ2v) is 6.97. The molecule has 0 amide bonds. The zero-order valence-corrected chi connectivity index (χ0v) is 13.4. The van der Waals surface area contributed by atoms with Crippen molar-refractivity contribution in [1.82, 2.24) is 4.72 Å². The van der Waals surface area contributed by atoms with Crippen molar-refractivity contribution >= 4 is 21.6 Å². The van der Waals surface area contributed by atoms with Gasteiger partial charge in [-0.2, -0.15) is 0 Å². The molecule has 0 saturated carbocycles. The first-order valence-electron chi connectivity index (χ1n) is 6.50. The van der Waals surface area contributed by atoms with Crippen LogP contribution < -0.4 is 9.46 Å². The van der Waals surface area contributed by atoms with E-state index in [9.17, 15) is 13.5 Å². The molecule has 1 heterocycles. The van der Waals surface area contributed by atoms with Gasteiger partial charge < -0.3 is 14.6 Å². The number of ether oxygens (including phenoxy) is 2. The summed E-state index contributed by atoms with van der Waals surface area (Å²) in [5.74, 6) is 0.0981. The number of benzene rings is 1. The second-order valence-electron chi connectivity index (χ2n) is 4.85. The first-order valence-corrected chi connectivity index (χ1v) is 8.36. The topological polar surface area (TPSA) is 84.9 Å². The van der Waals surface area contributed by atoms with Crippen LogP contribution in [-0.4, -0.2) is 39.4 Å². The molecule has 1 aromatic carbocycles. The highest BCUT2D eigenvalue weighted by Crippen LogP contribution is 2.32. The summed E-state index contributed by atoms with van der Waals surface area (Å²) in [7, 11) is -2.48. The molecule has 0 spiro atoms. The quantitative estimate of drug-likeness (QED) is 0.847. The van der Waals surface area contributed by atoms with Crippen molar-refractivity contribution in [3.63, 3.8) is 0 Å². The number of sulfonamides is 1. The maximum atomic E-state index is 12.5. The van der Waals surface area contributed by atoms with Crippen molar-refractivity contribution < 1.29 is 23.0 Å². The lowest BCUT2D eigenvalue weighted by Gasteiger charge is -2.19. The molecular weight excluding hydrogens is 318 g/mol. The van der Waals surface area contributed by atoms with Crippen LogP contribution in [0.2, 0.25) is 5.02 Å². The Morgan fingerprint density at radius 3 is 2.76 bits per heavy atom. The summed E-state index contributed by atoms with van der Waals surface area (Å²) in [4.78, 5) is -0.0827. The first-order chi connectivity index (χ1) is 9.89. The van der Waals surface area contributed by atoms with Crippen LogP contribution in [0.25, 0.3) is 0 Å². The summed E-state index contributed by atoms with van der Waals surface area (Å²) in [6.45, 7) is 1.96. The lowest BCUT2D eigenvalue weighted by molar-refractivity contribution is 0.117. The molecule has 1 saturated heterocycles. The number of hydrogen-bond donors (Lipinski definition) is 2. The first kappa shape index (κ1) is 16.5. The van der Waals surface area contributed by atoms with Gasteiger partial charge in [0.15, 0.2) is 0 Å². The van der Waals surface area contributed by atoms with Gasteiger partial charge in [-0.25, -0.2) is 13.1 Å². The van der Waals surface area contributed by atoms with Crippen molar-refractivity contribution in [2.75, 3.05) is 13.7 Å². The van der Waals surface area contributed by atoms with E-state index in [0.29, 0.717) is 18.6 Å². The molecule has 0 aliphatic carbocycles. The van der Waals surface area contributed by atoms with Crippen LogP contribution in [0.5, 0.6) is 5.75 Å². The highest BCUT2D eigenvalue weighted by atomic mass is 35.5. The maximum absolute atomic E-state index is 12.5. The number of aliphatic hydroxyl groups excluding tert-OH is 1. The van der Waals surface area contributed by atoms with Crippen LogP contribution >= 0.6 is 11.6 Å². The van der Waals surface area contributed by atoms with Gasteiger partial charge in [0.2, 0.25) is 10.0 Å². The molecule has 118 valence electrons. The molecule has 2 unspecified atom stereocenters. The van der Waals surface area contributed by atoms with E-state index >= 15 is 0 Å². The number of hydrogen-bond acceptors (Lipinski definition) is 5. The zero-order chi connectivity index (χ0) is 15.6. The molecule has 8 heteroatoms. The van der Waals surface area contributed by atoms with E-state index < -0.39 is 10.0 Å². The summed E-state index contributed by atoms with van der Waals surface area (Å²) < 4.78 is 38.2. The van der Waals surface area contributed by atoms with Crippen LogP contribution in [0.1, 0.15) is 18.9 Å². The van der Waals surface area contributed by atoms with Crippen molar-refractivity contribution in [3.8, 4) is 5.75 Å². The molecule has 21 heavy (non-hydrogen) atoms. The number of methoxy groups -OCH3 is 1. The molecule has 1 aromatic rings. The Hall–Kier alpha value is -0.860. The Morgan fingerprint density at radius 1 is 1.52 bits per heavy atom. The standard InChI is InChI=1S/C13H18ClNO5S/c1-8-11(3-4-20-8)15-21(17,18)12-6-10(14)5-9(7-16)13(12)19-2/h5-6,8,11,15-16H,3-4,7H2,1-2H3. The number of aliphatic hydroxyl groups is 1. The zero-order valence-electron chi connectivity index (χ0n) is 11.8. The van der Waals surface area contributed by atoms with Gasteiger partial charge in [0, 0.05) is 17.2 Å². The molecule has 2 atom stereocenters. The second kappa shape index (κ2) is 6.50. The third-order valence-electron chi connectivity index (χ3n) is 3.44. The van der Waals surface area contributed by atoms with Crippen LogP contribution in [0.3, 0.4) is 0 Å². The van der Waals surface area contributed by atoms with E-state index in [1.165, 1.54) is 19.2 Å². The average molecular weight is 336 g/mol. The fourth-order valence-corrected chi connectivity index (χ4v) is 4.20. The van der Waals surface area contributed by atoms with Crippen LogP contribution in [-0.2, 0) is 21.4 Å². The summed E-state index contributed by atoms with van der Waals surface area (Å²) in [5.41, 5.74) is 0.320. The lowest BCUT2D eigenvalue weighted by Crippen LogP contribution is -2.39. The molecule has 0 bridgehead atoms. The van der Waals surface area contributed by atoms with E-state index in [4.69, 9.17) is 21.1 Å². The van der Waals surface area contributed by atoms with E-state index in [1.807, 2.05) is 6.92 Å². The van der Waals surface area contributed by atoms with Crippen molar-refractivity contribution in [2.24, 2.45) is 0 Å². The summed E-state index contributed by atoms with van der Waals surface area (Å²) >= 11 is 5.93. The smallest absolute Gasteiger partial charge is 0.244 e. The van der Waals surface area contributed by atoms with Crippen molar-refractivity contribution in [2.45, 2.75) is 37.0 Å². The van der Waals surface area contributed by atoms with Crippen LogP contribution in [0.15, 0.2) is 17.0 Å². The predicted molar refractivity (Wildman–Crippen MR) is 78.1 cm³/mol. The summed E-state index contributed by atoms with van der Waals surface area (Å²) in [6, 6.07) is 2.49. The minimum absolute atomic E-state index is 0.0827. The Balaban J connectivity index is 2.41. The number of nitrogens with one attached hydrogen (secondary N) is 1. The average Bonchev–Trinajstić information content (AvgIpc) is 2.82. The van der Waals surface area contributed by atoms with Gasteiger partial charge in [0.25, 0.3) is 0 Å². The Labute approximate surface area is 129 Å². The fourth-order valence-electron chi connectivity index (χ4n) is 2.32. The molecule has 1 fully saturated rings. The van der Waals surface area contributed by atoms with E-state index in [1.54, 1.807) is 0 Å². The van der Waals surface area contributed by atoms with Crippen LogP contribution in [0.4, 0.5) is 0 Å². The third-order valence-corrected chi connectivity index (χ3v) is 5.16. The normalized spacial score (nSPS) is 22.5. The minimum Gasteiger partial charge on any atom is -0.495 e. The molecule has 1 aliphatic heterocycles. The monoisotopic (exact) mass is 335 g/mol. The van der Waals surface area contributed by atoms with Crippen molar-refractivity contribution in [1.29, 1.82) is 0 Å². The van der Waals surface area contributed by atoms with Gasteiger partial charge in [-0.05, 0) is 25.5 Å². The molecule has 2 rings (SSSR count). The number of halogens is 1. The highest BCUT2D eigenvalue weighted by Gasteiger charge is 2.31. The van der Waals surface area contributed by atoms with E-state index in [2.05, 4.69) is 4.72 Å². The minimum atomic E-state index is -3.83. The fraction of sp³-hybridized carbons (Fsp3) is 0.538. The molecule has 6 nitrogen and oxygen atoms in total. The molecule has 0 aromatic heterocycles.